The van der Waals surface area contributed by atoms with Crippen molar-refractivity contribution in [2.24, 2.45) is 0 Å². The molecular formula is C17H22Cl2N2O2. The number of nitrogens with zero attached hydrogens (tertiary/aromatic N) is 1. The Morgan fingerprint density at radius 2 is 2.09 bits per heavy atom. The van der Waals surface area contributed by atoms with Crippen molar-refractivity contribution < 1.29 is 9.53 Å². The Morgan fingerprint density at radius 1 is 1.26 bits per heavy atom. The van der Waals surface area contributed by atoms with E-state index in [0.717, 1.165) is 19.5 Å². The largest absolute Gasteiger partial charge is 0.492 e. The third-order valence-electron chi connectivity index (χ3n) is 4.56. The molecule has 1 amide bonds. The second-order valence-electron chi connectivity index (χ2n) is 6.29. The minimum absolute atomic E-state index is 0.227. The molecule has 0 aliphatic carbocycles. The maximum Gasteiger partial charge on any atom is 0.222 e. The van der Waals surface area contributed by atoms with E-state index in [1.807, 2.05) is 4.90 Å². The van der Waals surface area contributed by atoms with E-state index in [0.29, 0.717) is 47.3 Å². The van der Waals surface area contributed by atoms with E-state index in [-0.39, 0.29) is 5.91 Å². The van der Waals surface area contributed by atoms with Crippen molar-refractivity contribution in [2.75, 3.05) is 19.7 Å². The lowest BCUT2D eigenvalue weighted by atomic mass is 10.1. The number of ether oxygens (including phenoxy) is 1. The number of hydrogen-bond donors (Lipinski definition) is 1. The van der Waals surface area contributed by atoms with E-state index in [4.69, 9.17) is 27.9 Å². The number of carbonyl (C=O) groups excluding carboxylic acids is 1. The molecule has 23 heavy (non-hydrogen) atoms. The molecule has 0 spiro atoms. The van der Waals surface area contributed by atoms with Gasteiger partial charge in [-0.3, -0.25) is 4.79 Å². The molecule has 2 atom stereocenters. The van der Waals surface area contributed by atoms with Gasteiger partial charge in [0, 0.05) is 36.6 Å². The minimum Gasteiger partial charge on any atom is -0.492 e. The first-order chi connectivity index (χ1) is 11.1. The third-order valence-corrected chi connectivity index (χ3v) is 5.09. The van der Waals surface area contributed by atoms with Gasteiger partial charge in [0.05, 0.1) is 11.6 Å². The quantitative estimate of drug-likeness (QED) is 0.820. The average Bonchev–Trinajstić information content (AvgIpc) is 2.84. The van der Waals surface area contributed by atoms with Crippen molar-refractivity contribution in [1.29, 1.82) is 0 Å². The number of nitrogens with one attached hydrogen (secondary N) is 1. The molecule has 1 aromatic rings. The summed E-state index contributed by atoms with van der Waals surface area (Å²) in [6, 6.07) is 6.24. The predicted molar refractivity (Wildman–Crippen MR) is 92.3 cm³/mol. The second-order valence-corrected chi connectivity index (χ2v) is 7.14. The van der Waals surface area contributed by atoms with Crippen LogP contribution < -0.4 is 10.1 Å². The van der Waals surface area contributed by atoms with Crippen LogP contribution in [0.1, 0.15) is 32.1 Å². The highest BCUT2D eigenvalue weighted by atomic mass is 35.5. The molecule has 2 aliphatic heterocycles. The van der Waals surface area contributed by atoms with Gasteiger partial charge in [-0.25, -0.2) is 0 Å². The van der Waals surface area contributed by atoms with E-state index in [9.17, 15) is 4.79 Å². The van der Waals surface area contributed by atoms with Crippen LogP contribution >= 0.6 is 23.2 Å². The van der Waals surface area contributed by atoms with Crippen LogP contribution in [-0.2, 0) is 4.79 Å². The summed E-state index contributed by atoms with van der Waals surface area (Å²) in [5.41, 5.74) is 0. The molecule has 4 nitrogen and oxygen atoms in total. The zero-order valence-electron chi connectivity index (χ0n) is 13.1. The molecule has 2 fully saturated rings. The van der Waals surface area contributed by atoms with E-state index in [2.05, 4.69) is 5.32 Å². The number of hydrogen-bond acceptors (Lipinski definition) is 3. The van der Waals surface area contributed by atoms with Crippen molar-refractivity contribution >= 4 is 29.1 Å². The van der Waals surface area contributed by atoms with Crippen molar-refractivity contribution in [2.45, 2.75) is 44.2 Å². The second kappa shape index (κ2) is 7.73. The Bertz CT molecular complexity index is 568. The Hall–Kier alpha value is -0.970. The standard InChI is InChI=1S/C17H22Cl2N2O2/c18-12-3-6-16(15(19)10-12)23-9-1-2-17(22)21-8-7-13-4-5-14(11-21)20-13/h3,6,10,13-14,20H,1-2,4-5,7-9,11H2. The van der Waals surface area contributed by atoms with Crippen molar-refractivity contribution in [1.82, 2.24) is 10.2 Å². The molecule has 2 unspecified atom stereocenters. The number of carbonyl (C=O) groups is 1. The zero-order chi connectivity index (χ0) is 16.2. The number of likely N-dealkylation sites (tertiary alicyclic amines) is 1. The monoisotopic (exact) mass is 356 g/mol. The fourth-order valence-corrected chi connectivity index (χ4v) is 3.79. The van der Waals surface area contributed by atoms with Crippen molar-refractivity contribution in [3.8, 4) is 5.75 Å². The highest BCUT2D eigenvalue weighted by Gasteiger charge is 2.30. The van der Waals surface area contributed by atoms with E-state index < -0.39 is 0 Å². The first kappa shape index (κ1) is 16.9. The number of amides is 1. The topological polar surface area (TPSA) is 41.6 Å². The summed E-state index contributed by atoms with van der Waals surface area (Å²) in [6.45, 7) is 2.20. The number of halogens is 2. The molecule has 2 bridgehead atoms. The minimum atomic E-state index is 0.227. The Morgan fingerprint density at radius 3 is 2.91 bits per heavy atom. The Balaban J connectivity index is 1.40. The molecule has 126 valence electrons. The maximum absolute atomic E-state index is 12.3. The van der Waals surface area contributed by atoms with Crippen molar-refractivity contribution in [3.63, 3.8) is 0 Å². The summed E-state index contributed by atoms with van der Waals surface area (Å²) >= 11 is 11.9. The first-order valence-electron chi connectivity index (χ1n) is 8.23. The van der Waals surface area contributed by atoms with Gasteiger partial charge in [0.25, 0.3) is 0 Å². The molecule has 3 rings (SSSR count). The lowest BCUT2D eigenvalue weighted by Crippen LogP contribution is -2.39. The zero-order valence-corrected chi connectivity index (χ0v) is 14.6. The molecule has 6 heteroatoms. The normalized spacial score (nSPS) is 23.7. The van der Waals surface area contributed by atoms with Gasteiger partial charge < -0.3 is 15.0 Å². The fraction of sp³-hybridized carbons (Fsp3) is 0.588. The van der Waals surface area contributed by atoms with Gasteiger partial charge in [-0.2, -0.15) is 0 Å². The van der Waals surface area contributed by atoms with Crippen LogP contribution in [0.5, 0.6) is 5.75 Å². The molecule has 0 saturated carbocycles. The lowest BCUT2D eigenvalue weighted by molar-refractivity contribution is -0.131. The van der Waals surface area contributed by atoms with E-state index in [1.165, 1.54) is 12.8 Å². The number of rotatable bonds is 5. The molecule has 2 saturated heterocycles. The highest BCUT2D eigenvalue weighted by Crippen LogP contribution is 2.27. The van der Waals surface area contributed by atoms with Gasteiger partial charge in [-0.15, -0.1) is 0 Å². The number of benzene rings is 1. The Labute approximate surface area is 147 Å². The van der Waals surface area contributed by atoms with E-state index in [1.54, 1.807) is 18.2 Å². The highest BCUT2D eigenvalue weighted by molar-refractivity contribution is 6.35. The Kier molecular flexibility index (Phi) is 5.67. The molecule has 2 heterocycles. The van der Waals surface area contributed by atoms with Crippen molar-refractivity contribution in [3.05, 3.63) is 28.2 Å². The molecule has 2 aliphatic rings. The molecule has 1 N–H and O–H groups in total. The summed E-state index contributed by atoms with van der Waals surface area (Å²) in [6.07, 6.45) is 4.71. The van der Waals surface area contributed by atoms with Crippen LogP contribution in [0.15, 0.2) is 18.2 Å². The van der Waals surface area contributed by atoms with Crippen LogP contribution in [-0.4, -0.2) is 42.6 Å². The average molecular weight is 357 g/mol. The first-order valence-corrected chi connectivity index (χ1v) is 8.99. The van der Waals surface area contributed by atoms with Crippen LogP contribution in [0.25, 0.3) is 0 Å². The smallest absolute Gasteiger partial charge is 0.222 e. The van der Waals surface area contributed by atoms with Gasteiger partial charge in [0.1, 0.15) is 5.75 Å². The molecule has 0 aromatic heterocycles. The molecule has 1 aromatic carbocycles. The summed E-state index contributed by atoms with van der Waals surface area (Å²) in [5, 5.41) is 4.68. The summed E-state index contributed by atoms with van der Waals surface area (Å²) in [7, 11) is 0. The van der Waals surface area contributed by atoms with Gasteiger partial charge in [-0.1, -0.05) is 23.2 Å². The van der Waals surface area contributed by atoms with Gasteiger partial charge in [0.15, 0.2) is 0 Å². The van der Waals surface area contributed by atoms with Gasteiger partial charge in [0.2, 0.25) is 5.91 Å². The third kappa shape index (κ3) is 4.52. The summed E-state index contributed by atoms with van der Waals surface area (Å²) in [4.78, 5) is 14.4. The summed E-state index contributed by atoms with van der Waals surface area (Å²) in [5.74, 6) is 0.838. The molecular weight excluding hydrogens is 335 g/mol. The van der Waals surface area contributed by atoms with E-state index >= 15 is 0 Å². The van der Waals surface area contributed by atoms with Crippen LogP contribution in [0.2, 0.25) is 10.0 Å². The maximum atomic E-state index is 12.3. The SMILES string of the molecule is O=C(CCCOc1ccc(Cl)cc1Cl)N1CCC2CCC(C1)N2. The molecule has 0 radical (unpaired) electrons. The number of fused-ring (bicyclic) bond motifs is 2. The lowest BCUT2D eigenvalue weighted by Gasteiger charge is -2.24. The fourth-order valence-electron chi connectivity index (χ4n) is 3.33. The van der Waals surface area contributed by atoms with Gasteiger partial charge >= 0.3 is 0 Å². The summed E-state index contributed by atoms with van der Waals surface area (Å²) < 4.78 is 5.63. The predicted octanol–water partition coefficient (Wildman–Crippen LogP) is 3.51. The van der Waals surface area contributed by atoms with Crippen LogP contribution in [0, 0.1) is 0 Å². The van der Waals surface area contributed by atoms with Crippen LogP contribution in [0.3, 0.4) is 0 Å². The van der Waals surface area contributed by atoms with Gasteiger partial charge in [-0.05, 0) is 43.9 Å². The van der Waals surface area contributed by atoms with Crippen LogP contribution in [0.4, 0.5) is 0 Å².